The molecule has 3 heteroatoms. The van der Waals surface area contributed by atoms with Gasteiger partial charge < -0.3 is 9.90 Å². The van der Waals surface area contributed by atoms with E-state index in [0.717, 1.165) is 6.92 Å². The summed E-state index contributed by atoms with van der Waals surface area (Å²) < 4.78 is 0. The highest BCUT2D eigenvalue weighted by Crippen LogP contribution is 1.76. The van der Waals surface area contributed by atoms with Gasteiger partial charge >= 0.3 is 0 Å². The molecule has 0 aliphatic carbocycles. The average Bonchev–Trinajstić information content (AvgIpc) is 1.65. The Balaban J connectivity index is 0. The van der Waals surface area contributed by atoms with E-state index in [9.17, 15) is 0 Å². The van der Waals surface area contributed by atoms with Crippen molar-refractivity contribution in [3.63, 3.8) is 0 Å². The molecule has 0 atom stereocenters. The lowest BCUT2D eigenvalue weighted by atomic mass is 10.9. The molecule has 0 bridgehead atoms. The van der Waals surface area contributed by atoms with Crippen molar-refractivity contribution < 1.29 is 9.90 Å². The third kappa shape index (κ3) is 80.0. The first-order valence-corrected chi connectivity index (χ1v) is 4.93. The van der Waals surface area contributed by atoms with E-state index in [4.69, 9.17) is 9.90 Å². The Labute approximate surface area is 59.6 Å². The van der Waals surface area contributed by atoms with Gasteiger partial charge in [-0.1, -0.05) is 0 Å². The number of hydrogen-bond acceptors (Lipinski definition) is 2. The maximum Gasteiger partial charge on any atom is 0.104 e. The van der Waals surface area contributed by atoms with Crippen LogP contribution in [0.15, 0.2) is 0 Å². The summed E-state index contributed by atoms with van der Waals surface area (Å²) in [5.41, 5.74) is 0. The fourth-order valence-corrected chi connectivity index (χ4v) is 0. The number of carboxylic acid groups (broad SMARTS) is 1. The molecule has 0 saturated heterocycles. The summed E-state index contributed by atoms with van der Waals surface area (Å²) >= 11 is 0. The number of aliphatic carboxylic acids is 1. The van der Waals surface area contributed by atoms with Crippen LogP contribution in [0.25, 0.3) is 0 Å². The highest BCUT2D eigenvalue weighted by Gasteiger charge is 1.89. The van der Waals surface area contributed by atoms with Crippen molar-refractivity contribution in [1.82, 2.24) is 0 Å². The van der Waals surface area contributed by atoms with Crippen molar-refractivity contribution in [3.05, 3.63) is 0 Å². The second-order valence-electron chi connectivity index (χ2n) is 1.77. The van der Waals surface area contributed by atoms with Gasteiger partial charge in [0, 0.05) is 5.97 Å². The van der Waals surface area contributed by atoms with Gasteiger partial charge in [-0.25, -0.2) is 0 Å². The summed E-state index contributed by atoms with van der Waals surface area (Å²) in [5, 5.41) is 8.89. The third-order valence-electron chi connectivity index (χ3n) is 0.577. The summed E-state index contributed by atoms with van der Waals surface area (Å²) in [6.07, 6.45) is 4.50. The maximum atomic E-state index is 8.89. The number of carbonyl (C=O) groups is 1. The second-order valence-corrected chi connectivity index (χ2v) is 4.31. The van der Waals surface area contributed by atoms with Crippen molar-refractivity contribution in [2.24, 2.45) is 0 Å². The Morgan fingerprint density at radius 2 is 1.67 bits per heavy atom. The first kappa shape index (κ1) is 11.6. The number of carbonyl (C=O) groups excluding carboxylic acids is 1. The molecule has 0 aromatic carbocycles. The minimum atomic E-state index is -1.08. The van der Waals surface area contributed by atoms with E-state index in [1.165, 1.54) is 5.75 Å². The van der Waals surface area contributed by atoms with Crippen LogP contribution in [0.2, 0.25) is 0 Å². The molecule has 0 aliphatic rings. The minimum absolute atomic E-state index is 0.677. The fourth-order valence-electron chi connectivity index (χ4n) is 0. The van der Waals surface area contributed by atoms with Crippen LogP contribution in [0.4, 0.5) is 0 Å². The van der Waals surface area contributed by atoms with Crippen LogP contribution in [0.5, 0.6) is 0 Å². The van der Waals surface area contributed by atoms with E-state index >= 15 is 0 Å². The van der Waals surface area contributed by atoms with Crippen LogP contribution in [0.1, 0.15) is 13.8 Å². The van der Waals surface area contributed by atoms with Gasteiger partial charge in [-0.2, -0.15) is 0 Å². The molecule has 0 saturated carbocycles. The van der Waals surface area contributed by atoms with Crippen molar-refractivity contribution in [1.29, 1.82) is 0 Å². The topological polar surface area (TPSA) is 40.1 Å². The van der Waals surface area contributed by atoms with Crippen molar-refractivity contribution >= 4 is 16.9 Å². The molecule has 0 heterocycles. The SMILES string of the molecule is CC(=O)[O-].CC[S+](C)C. The molecule has 56 valence electrons. The van der Waals surface area contributed by atoms with Gasteiger partial charge in [0.1, 0.15) is 5.75 Å². The summed E-state index contributed by atoms with van der Waals surface area (Å²) in [7, 11) is 0.677. The lowest BCUT2D eigenvalue weighted by molar-refractivity contribution is -0.302. The summed E-state index contributed by atoms with van der Waals surface area (Å²) in [5.74, 6) is 0.250. The van der Waals surface area contributed by atoms with Crippen LogP contribution in [-0.2, 0) is 15.7 Å². The lowest BCUT2D eigenvalue weighted by Gasteiger charge is -1.81. The zero-order chi connectivity index (χ0) is 7.86. The molecular weight excluding hydrogens is 136 g/mol. The normalized spacial score (nSPS) is 8.11. The molecule has 0 aliphatic heterocycles. The molecule has 0 amide bonds. The van der Waals surface area contributed by atoms with Crippen molar-refractivity contribution in [3.8, 4) is 0 Å². The molecule has 0 rings (SSSR count). The fraction of sp³-hybridized carbons (Fsp3) is 0.833. The number of hydrogen-bond donors (Lipinski definition) is 0. The van der Waals surface area contributed by atoms with Crippen LogP contribution < -0.4 is 5.11 Å². The van der Waals surface area contributed by atoms with Gasteiger partial charge in [-0.3, -0.25) is 0 Å². The van der Waals surface area contributed by atoms with E-state index in [1.807, 2.05) is 0 Å². The Kier molecular flexibility index (Phi) is 10.1. The molecule has 0 unspecified atom stereocenters. The maximum absolute atomic E-state index is 8.89. The monoisotopic (exact) mass is 150 g/mol. The Morgan fingerprint density at radius 3 is 1.67 bits per heavy atom. The van der Waals surface area contributed by atoms with Gasteiger partial charge in [-0.15, -0.1) is 0 Å². The standard InChI is InChI=1S/C4H11S.C2H4O2/c1-4-5(2)3;1-2(3)4/h4H2,1-3H3;1H3,(H,3,4)/q+1;/p-1. The molecule has 0 aromatic heterocycles. The summed E-state index contributed by atoms with van der Waals surface area (Å²) in [6.45, 7) is 3.18. The predicted molar refractivity (Wildman–Crippen MR) is 40.4 cm³/mol. The van der Waals surface area contributed by atoms with Gasteiger partial charge in [0.2, 0.25) is 0 Å². The quantitative estimate of drug-likeness (QED) is 0.479. The highest BCUT2D eigenvalue weighted by atomic mass is 32.2. The second kappa shape index (κ2) is 7.82. The molecular formula is C6H14O2S. The van der Waals surface area contributed by atoms with E-state index in [1.54, 1.807) is 0 Å². The van der Waals surface area contributed by atoms with Gasteiger partial charge in [0.15, 0.2) is 0 Å². The smallest absolute Gasteiger partial charge is 0.104 e. The Bertz CT molecular complexity index is 67.5. The largest absolute Gasteiger partial charge is 0.550 e. The lowest BCUT2D eigenvalue weighted by Crippen LogP contribution is -2.16. The van der Waals surface area contributed by atoms with E-state index in [0.29, 0.717) is 10.9 Å². The predicted octanol–water partition coefficient (Wildman–Crippen LogP) is -0.360. The zero-order valence-corrected chi connectivity index (χ0v) is 7.25. The third-order valence-corrected chi connectivity index (χ3v) is 1.73. The first-order valence-electron chi connectivity index (χ1n) is 2.72. The molecule has 0 N–H and O–H groups in total. The van der Waals surface area contributed by atoms with E-state index in [-0.39, 0.29) is 0 Å². The van der Waals surface area contributed by atoms with Crippen LogP contribution in [0.3, 0.4) is 0 Å². The Morgan fingerprint density at radius 1 is 1.56 bits per heavy atom. The van der Waals surface area contributed by atoms with Crippen LogP contribution in [-0.4, -0.2) is 24.2 Å². The molecule has 0 spiro atoms. The summed E-state index contributed by atoms with van der Waals surface area (Å²) in [6, 6.07) is 0. The molecule has 9 heavy (non-hydrogen) atoms. The van der Waals surface area contributed by atoms with Gasteiger partial charge in [0.25, 0.3) is 0 Å². The number of rotatable bonds is 1. The van der Waals surface area contributed by atoms with E-state index < -0.39 is 5.97 Å². The summed E-state index contributed by atoms with van der Waals surface area (Å²) in [4.78, 5) is 8.89. The molecule has 0 fully saturated rings. The van der Waals surface area contributed by atoms with E-state index in [2.05, 4.69) is 19.4 Å². The highest BCUT2D eigenvalue weighted by molar-refractivity contribution is 7.95. The zero-order valence-electron chi connectivity index (χ0n) is 6.43. The van der Waals surface area contributed by atoms with Gasteiger partial charge in [0.05, 0.1) is 12.5 Å². The molecule has 0 radical (unpaired) electrons. The van der Waals surface area contributed by atoms with Crippen molar-refractivity contribution in [2.45, 2.75) is 13.8 Å². The Hall–Kier alpha value is -0.180. The van der Waals surface area contributed by atoms with Crippen LogP contribution in [0, 0.1) is 0 Å². The minimum Gasteiger partial charge on any atom is -0.550 e. The number of carboxylic acids is 1. The van der Waals surface area contributed by atoms with Crippen molar-refractivity contribution in [2.75, 3.05) is 18.3 Å². The first-order chi connectivity index (χ1) is 4.00. The molecule has 2 nitrogen and oxygen atoms in total. The van der Waals surface area contributed by atoms with Crippen LogP contribution >= 0.6 is 0 Å². The van der Waals surface area contributed by atoms with Gasteiger partial charge in [-0.05, 0) is 24.7 Å². The molecule has 0 aromatic rings. The average molecular weight is 150 g/mol.